The lowest BCUT2D eigenvalue weighted by Crippen LogP contribution is -2.29. The molecule has 24 heavy (non-hydrogen) atoms. The van der Waals surface area contributed by atoms with E-state index in [-0.39, 0.29) is 11.8 Å². The number of nitrogens with one attached hydrogen (secondary N) is 1. The van der Waals surface area contributed by atoms with Crippen LogP contribution in [-0.2, 0) is 4.79 Å². The van der Waals surface area contributed by atoms with Crippen LogP contribution in [0.15, 0.2) is 29.6 Å². The monoisotopic (exact) mass is 345 g/mol. The van der Waals surface area contributed by atoms with Crippen molar-refractivity contribution in [3.05, 3.63) is 29.6 Å². The molecule has 1 aliphatic carbocycles. The van der Waals surface area contributed by atoms with E-state index in [9.17, 15) is 4.79 Å². The summed E-state index contributed by atoms with van der Waals surface area (Å²) in [5.41, 5.74) is 7.64. The molecule has 1 aromatic carbocycles. The van der Waals surface area contributed by atoms with Gasteiger partial charge in [0, 0.05) is 16.9 Å². The molecule has 6 heteroatoms. The first-order chi connectivity index (χ1) is 11.7. The maximum Gasteiger partial charge on any atom is 0.229 e. The minimum atomic E-state index is 0.0211. The summed E-state index contributed by atoms with van der Waals surface area (Å²) in [5.74, 6) is 1.22. The van der Waals surface area contributed by atoms with E-state index >= 15 is 0 Å². The summed E-state index contributed by atoms with van der Waals surface area (Å²) < 4.78 is 5.45. The summed E-state index contributed by atoms with van der Waals surface area (Å²) in [5, 5.41) is 5.56. The van der Waals surface area contributed by atoms with Gasteiger partial charge in [-0.3, -0.25) is 4.79 Å². The third-order valence-electron chi connectivity index (χ3n) is 4.49. The summed E-state index contributed by atoms with van der Waals surface area (Å²) >= 11 is 1.45. The molecule has 5 nitrogen and oxygen atoms in total. The molecule has 0 unspecified atom stereocenters. The van der Waals surface area contributed by atoms with Crippen LogP contribution in [0.25, 0.3) is 11.3 Å². The highest BCUT2D eigenvalue weighted by Gasteiger charge is 2.32. The van der Waals surface area contributed by atoms with Crippen molar-refractivity contribution < 1.29 is 9.53 Å². The van der Waals surface area contributed by atoms with Crippen molar-refractivity contribution >= 4 is 22.4 Å². The lowest BCUT2D eigenvalue weighted by Gasteiger charge is -2.16. The van der Waals surface area contributed by atoms with Gasteiger partial charge in [0.05, 0.1) is 12.3 Å². The average Bonchev–Trinajstić information content (AvgIpc) is 3.24. The summed E-state index contributed by atoms with van der Waals surface area (Å²) in [6.07, 6.45) is 3.05. The molecular weight excluding hydrogens is 322 g/mol. The second-order valence-electron chi connectivity index (χ2n) is 6.02. The van der Waals surface area contributed by atoms with Crippen LogP contribution in [-0.4, -0.2) is 24.0 Å². The van der Waals surface area contributed by atoms with E-state index in [0.717, 1.165) is 36.3 Å². The number of aromatic nitrogens is 1. The molecule has 1 aromatic heterocycles. The number of nitrogens with zero attached hydrogens (tertiary/aromatic N) is 1. The molecule has 0 saturated heterocycles. The zero-order valence-electron chi connectivity index (χ0n) is 13.8. The average molecular weight is 345 g/mol. The molecular formula is C18H23N3O2S. The van der Waals surface area contributed by atoms with Crippen molar-refractivity contribution in [3.63, 3.8) is 0 Å². The van der Waals surface area contributed by atoms with Crippen molar-refractivity contribution in [2.45, 2.75) is 26.2 Å². The lowest BCUT2D eigenvalue weighted by molar-refractivity contribution is -0.120. The molecule has 1 heterocycles. The molecule has 3 N–H and O–H groups in total. The Morgan fingerprint density at radius 3 is 2.88 bits per heavy atom. The first-order valence-corrected chi connectivity index (χ1v) is 9.29. The van der Waals surface area contributed by atoms with Crippen molar-refractivity contribution in [1.82, 2.24) is 4.98 Å². The minimum absolute atomic E-state index is 0.0211. The number of rotatable bonds is 6. The Morgan fingerprint density at radius 1 is 1.38 bits per heavy atom. The number of benzene rings is 1. The van der Waals surface area contributed by atoms with Crippen LogP contribution in [0.5, 0.6) is 5.75 Å². The molecule has 3 rings (SSSR count). The zero-order valence-corrected chi connectivity index (χ0v) is 14.6. The highest BCUT2D eigenvalue weighted by Crippen LogP contribution is 2.33. The molecule has 2 atom stereocenters. The number of anilines is 1. The van der Waals surface area contributed by atoms with Crippen LogP contribution in [0, 0.1) is 11.8 Å². The normalized spacial score (nSPS) is 20.1. The molecule has 0 aliphatic heterocycles. The molecule has 2 aromatic rings. The van der Waals surface area contributed by atoms with Crippen LogP contribution in [0.1, 0.15) is 26.2 Å². The number of hydrogen-bond donors (Lipinski definition) is 2. The molecule has 0 spiro atoms. The van der Waals surface area contributed by atoms with Gasteiger partial charge in [-0.25, -0.2) is 4.98 Å². The van der Waals surface area contributed by atoms with E-state index in [1.165, 1.54) is 11.3 Å². The summed E-state index contributed by atoms with van der Waals surface area (Å²) in [6.45, 7) is 3.19. The summed E-state index contributed by atoms with van der Waals surface area (Å²) in [7, 11) is 0. The summed E-state index contributed by atoms with van der Waals surface area (Å²) in [6, 6.07) is 7.82. The van der Waals surface area contributed by atoms with Gasteiger partial charge < -0.3 is 15.8 Å². The molecule has 1 saturated carbocycles. The largest absolute Gasteiger partial charge is 0.494 e. The van der Waals surface area contributed by atoms with Crippen LogP contribution >= 0.6 is 11.3 Å². The van der Waals surface area contributed by atoms with E-state index in [1.54, 1.807) is 0 Å². The molecule has 0 radical (unpaired) electrons. The maximum absolute atomic E-state index is 12.4. The Hall–Kier alpha value is -1.92. The second kappa shape index (κ2) is 7.77. The molecule has 128 valence electrons. The highest BCUT2D eigenvalue weighted by molar-refractivity contribution is 7.14. The molecule has 1 amide bonds. The maximum atomic E-state index is 12.4. The van der Waals surface area contributed by atoms with Crippen molar-refractivity contribution in [2.75, 3.05) is 18.5 Å². The van der Waals surface area contributed by atoms with E-state index in [1.807, 2.05) is 36.6 Å². The van der Waals surface area contributed by atoms with E-state index < -0.39 is 0 Å². The SMILES string of the molecule is CCOc1ccc(-c2csc(NC(=O)[C@@H]3CCC[C@@H]3CN)n2)cc1. The highest BCUT2D eigenvalue weighted by atomic mass is 32.1. The predicted octanol–water partition coefficient (Wildman–Crippen LogP) is 3.52. The van der Waals surface area contributed by atoms with Crippen molar-refractivity contribution in [1.29, 1.82) is 0 Å². The van der Waals surface area contributed by atoms with E-state index in [4.69, 9.17) is 10.5 Å². The molecule has 0 bridgehead atoms. The summed E-state index contributed by atoms with van der Waals surface area (Å²) in [4.78, 5) is 17.0. The molecule has 1 aliphatic rings. The molecule has 1 fully saturated rings. The van der Waals surface area contributed by atoms with Gasteiger partial charge >= 0.3 is 0 Å². The van der Waals surface area contributed by atoms with E-state index in [2.05, 4.69) is 10.3 Å². The third-order valence-corrected chi connectivity index (χ3v) is 5.25. The second-order valence-corrected chi connectivity index (χ2v) is 6.88. The van der Waals surface area contributed by atoms with Crippen molar-refractivity contribution in [3.8, 4) is 17.0 Å². The fourth-order valence-corrected chi connectivity index (χ4v) is 3.94. The van der Waals surface area contributed by atoms with Gasteiger partial charge in [-0.1, -0.05) is 6.42 Å². The number of nitrogens with two attached hydrogens (primary N) is 1. The first-order valence-electron chi connectivity index (χ1n) is 8.41. The Balaban J connectivity index is 1.66. The number of thiazole rings is 1. The fraction of sp³-hybridized carbons (Fsp3) is 0.444. The van der Waals surface area contributed by atoms with Crippen LogP contribution < -0.4 is 15.8 Å². The number of hydrogen-bond acceptors (Lipinski definition) is 5. The third kappa shape index (κ3) is 3.76. The minimum Gasteiger partial charge on any atom is -0.494 e. The van der Waals surface area contributed by atoms with Crippen molar-refractivity contribution in [2.24, 2.45) is 17.6 Å². The van der Waals surface area contributed by atoms with Gasteiger partial charge in [-0.05, 0) is 56.5 Å². The number of amides is 1. The van der Waals surface area contributed by atoms with Crippen LogP contribution in [0.3, 0.4) is 0 Å². The van der Waals surface area contributed by atoms with Gasteiger partial charge in [0.2, 0.25) is 5.91 Å². The first kappa shape index (κ1) is 16.9. The van der Waals surface area contributed by atoms with Crippen LogP contribution in [0.4, 0.5) is 5.13 Å². The zero-order chi connectivity index (χ0) is 16.9. The van der Waals surface area contributed by atoms with Gasteiger partial charge in [0.1, 0.15) is 5.75 Å². The standard InChI is InChI=1S/C18H23N3O2S/c1-2-23-14-8-6-12(7-9-14)16-11-24-18(20-16)21-17(22)15-5-3-4-13(15)10-19/h6-9,11,13,15H,2-5,10,19H2,1H3,(H,20,21,22)/t13-,15-/m1/s1. The van der Waals surface area contributed by atoms with E-state index in [0.29, 0.717) is 24.2 Å². The van der Waals surface area contributed by atoms with Gasteiger partial charge in [0.15, 0.2) is 5.13 Å². The quantitative estimate of drug-likeness (QED) is 0.840. The number of carbonyl (C=O) groups excluding carboxylic acids is 1. The lowest BCUT2D eigenvalue weighted by atomic mass is 9.95. The topological polar surface area (TPSA) is 77.2 Å². The smallest absolute Gasteiger partial charge is 0.229 e. The Morgan fingerprint density at radius 2 is 2.17 bits per heavy atom. The van der Waals surface area contributed by atoms with Gasteiger partial charge in [-0.15, -0.1) is 11.3 Å². The Bertz CT molecular complexity index is 684. The van der Waals surface area contributed by atoms with Gasteiger partial charge in [-0.2, -0.15) is 0 Å². The van der Waals surface area contributed by atoms with Gasteiger partial charge in [0.25, 0.3) is 0 Å². The number of ether oxygens (including phenoxy) is 1. The predicted molar refractivity (Wildman–Crippen MR) is 97.2 cm³/mol. The number of carbonyl (C=O) groups is 1. The van der Waals surface area contributed by atoms with Crippen LogP contribution in [0.2, 0.25) is 0 Å². The fourth-order valence-electron chi connectivity index (χ4n) is 3.21. The Kier molecular flexibility index (Phi) is 5.48. The Labute approximate surface area is 146 Å².